The van der Waals surface area contributed by atoms with Gasteiger partial charge in [0.1, 0.15) is 5.82 Å². The average molecular weight is 437 g/mol. The van der Waals surface area contributed by atoms with Gasteiger partial charge in [-0.15, -0.1) is 21.5 Å². The van der Waals surface area contributed by atoms with Gasteiger partial charge in [0.2, 0.25) is 11.8 Å². The van der Waals surface area contributed by atoms with E-state index >= 15 is 0 Å². The minimum Gasteiger partial charge on any atom is -0.459 e. The maximum absolute atomic E-state index is 14.0. The molecule has 0 aliphatic heterocycles. The number of carbonyl (C=O) groups is 1. The first-order valence-corrected chi connectivity index (χ1v) is 10.6. The first-order chi connectivity index (χ1) is 15.1. The van der Waals surface area contributed by atoms with Gasteiger partial charge in [-0.05, 0) is 42.8 Å². The van der Waals surface area contributed by atoms with E-state index < -0.39 is 0 Å². The van der Waals surface area contributed by atoms with Crippen molar-refractivity contribution in [2.45, 2.75) is 19.9 Å². The molecule has 0 spiro atoms. The Morgan fingerprint density at radius 1 is 1.16 bits per heavy atom. The van der Waals surface area contributed by atoms with Crippen LogP contribution >= 0.6 is 11.3 Å². The second kappa shape index (κ2) is 9.53. The molecule has 0 fully saturated rings. The summed E-state index contributed by atoms with van der Waals surface area (Å²) in [6, 6.07) is 13.8. The van der Waals surface area contributed by atoms with E-state index in [0.29, 0.717) is 23.8 Å². The Morgan fingerprint density at radius 2 is 2.03 bits per heavy atom. The summed E-state index contributed by atoms with van der Waals surface area (Å²) in [5, 5.41) is 7.98. The molecule has 0 N–H and O–H groups in total. The number of thiophene rings is 1. The number of hydrogen-bond donors (Lipinski definition) is 0. The van der Waals surface area contributed by atoms with Crippen LogP contribution in [-0.4, -0.2) is 27.5 Å². The Bertz CT molecular complexity index is 1180. The summed E-state index contributed by atoms with van der Waals surface area (Å²) in [6.45, 7) is 2.74. The molecule has 3 aromatic heterocycles. The summed E-state index contributed by atoms with van der Waals surface area (Å²) in [5.41, 5.74) is 0.551. The molecule has 0 saturated carbocycles. The molecule has 158 valence electrons. The van der Waals surface area contributed by atoms with Crippen molar-refractivity contribution in [2.75, 3.05) is 6.54 Å². The van der Waals surface area contributed by atoms with Crippen molar-refractivity contribution < 1.29 is 18.0 Å². The Hall–Kier alpha value is -3.52. The number of benzene rings is 1. The highest BCUT2D eigenvalue weighted by Gasteiger charge is 2.17. The Kier molecular flexibility index (Phi) is 6.37. The standard InChI is InChI=1S/C23H20FN3O3S/c1-2-13-27(15-21-25-26-23(30-21)19-8-5-14-29-19)22(28)12-10-16-9-11-20(31-16)17-6-3-4-7-18(17)24/h3-12,14H,2,13,15H2,1H3/b12-10+. The average Bonchev–Trinajstić information content (AvgIpc) is 3.53. The molecule has 4 rings (SSSR count). The zero-order valence-corrected chi connectivity index (χ0v) is 17.6. The van der Waals surface area contributed by atoms with E-state index in [0.717, 1.165) is 16.2 Å². The topological polar surface area (TPSA) is 72.4 Å². The molecule has 4 aromatic rings. The smallest absolute Gasteiger partial charge is 0.283 e. The highest BCUT2D eigenvalue weighted by atomic mass is 32.1. The third-order valence-corrected chi connectivity index (χ3v) is 5.57. The van der Waals surface area contributed by atoms with Crippen LogP contribution in [-0.2, 0) is 11.3 Å². The van der Waals surface area contributed by atoms with Gasteiger partial charge >= 0.3 is 0 Å². The minimum absolute atomic E-state index is 0.166. The summed E-state index contributed by atoms with van der Waals surface area (Å²) in [6.07, 6.45) is 5.56. The maximum atomic E-state index is 14.0. The lowest BCUT2D eigenvalue weighted by Gasteiger charge is -2.18. The maximum Gasteiger partial charge on any atom is 0.283 e. The van der Waals surface area contributed by atoms with E-state index in [9.17, 15) is 9.18 Å². The molecule has 0 radical (unpaired) electrons. The largest absolute Gasteiger partial charge is 0.459 e. The molecule has 0 aliphatic carbocycles. The summed E-state index contributed by atoms with van der Waals surface area (Å²) >= 11 is 1.42. The van der Waals surface area contributed by atoms with Crippen LogP contribution in [0.15, 0.2) is 69.7 Å². The lowest BCUT2D eigenvalue weighted by atomic mass is 10.2. The van der Waals surface area contributed by atoms with Gasteiger partial charge < -0.3 is 13.7 Å². The van der Waals surface area contributed by atoms with Crippen molar-refractivity contribution in [2.24, 2.45) is 0 Å². The van der Waals surface area contributed by atoms with Gasteiger partial charge in [0.05, 0.1) is 12.8 Å². The number of furan rings is 1. The summed E-state index contributed by atoms with van der Waals surface area (Å²) in [4.78, 5) is 16.1. The zero-order chi connectivity index (χ0) is 21.6. The third kappa shape index (κ3) is 4.97. The predicted molar refractivity (Wildman–Crippen MR) is 116 cm³/mol. The molecule has 0 unspecified atom stereocenters. The molecule has 0 aliphatic rings. The van der Waals surface area contributed by atoms with Crippen LogP contribution in [0.1, 0.15) is 24.1 Å². The van der Waals surface area contributed by atoms with Crippen molar-refractivity contribution >= 4 is 23.3 Å². The number of rotatable bonds is 8. The summed E-state index contributed by atoms with van der Waals surface area (Å²) in [5.74, 6) is 0.660. The SMILES string of the molecule is CCCN(Cc1nnc(-c2ccco2)o1)C(=O)/C=C/c1ccc(-c2ccccc2F)s1. The van der Waals surface area contributed by atoms with Gasteiger partial charge in [0, 0.05) is 27.9 Å². The van der Waals surface area contributed by atoms with Crippen LogP contribution in [0.2, 0.25) is 0 Å². The number of amides is 1. The summed E-state index contributed by atoms with van der Waals surface area (Å²) in [7, 11) is 0. The Labute approximate surface area is 182 Å². The quantitative estimate of drug-likeness (QED) is 0.333. The van der Waals surface area contributed by atoms with Gasteiger partial charge in [0.25, 0.3) is 5.89 Å². The van der Waals surface area contributed by atoms with Crippen molar-refractivity contribution in [3.63, 3.8) is 0 Å². The monoisotopic (exact) mass is 437 g/mol. The molecule has 0 saturated heterocycles. The third-order valence-electron chi connectivity index (χ3n) is 4.49. The Balaban J connectivity index is 1.44. The van der Waals surface area contributed by atoms with E-state index in [1.54, 1.807) is 41.3 Å². The van der Waals surface area contributed by atoms with Crippen LogP contribution in [0, 0.1) is 5.82 Å². The van der Waals surface area contributed by atoms with Crippen molar-refractivity contribution in [3.05, 3.63) is 77.5 Å². The predicted octanol–water partition coefficient (Wildman–Crippen LogP) is 5.65. The molecule has 1 amide bonds. The molecule has 8 heteroatoms. The molecule has 3 heterocycles. The fraction of sp³-hybridized carbons (Fsp3) is 0.174. The van der Waals surface area contributed by atoms with Gasteiger partial charge in [-0.2, -0.15) is 0 Å². The molecular formula is C23H20FN3O3S. The van der Waals surface area contributed by atoms with Crippen LogP contribution in [0.4, 0.5) is 4.39 Å². The highest BCUT2D eigenvalue weighted by molar-refractivity contribution is 7.16. The van der Waals surface area contributed by atoms with Gasteiger partial charge in [0.15, 0.2) is 5.76 Å². The second-order valence-corrected chi connectivity index (χ2v) is 7.87. The van der Waals surface area contributed by atoms with Crippen LogP contribution in [0.5, 0.6) is 0 Å². The van der Waals surface area contributed by atoms with E-state index in [4.69, 9.17) is 8.83 Å². The van der Waals surface area contributed by atoms with Gasteiger partial charge in [-0.1, -0.05) is 25.1 Å². The number of nitrogens with zero attached hydrogens (tertiary/aromatic N) is 3. The van der Waals surface area contributed by atoms with Crippen LogP contribution in [0.25, 0.3) is 28.2 Å². The minimum atomic E-state index is -0.265. The van der Waals surface area contributed by atoms with Crippen molar-refractivity contribution in [3.8, 4) is 22.1 Å². The normalized spacial score (nSPS) is 11.3. The summed E-state index contributed by atoms with van der Waals surface area (Å²) < 4.78 is 24.9. The van der Waals surface area contributed by atoms with Crippen molar-refractivity contribution in [1.82, 2.24) is 15.1 Å². The molecule has 1 aromatic carbocycles. The molecule has 0 bridgehead atoms. The molecule has 6 nitrogen and oxygen atoms in total. The van der Waals surface area contributed by atoms with Gasteiger partial charge in [-0.3, -0.25) is 4.79 Å². The fourth-order valence-electron chi connectivity index (χ4n) is 3.02. The molecular weight excluding hydrogens is 417 g/mol. The molecule has 0 atom stereocenters. The second-order valence-electron chi connectivity index (χ2n) is 6.75. The Morgan fingerprint density at radius 3 is 2.81 bits per heavy atom. The highest BCUT2D eigenvalue weighted by Crippen LogP contribution is 2.30. The number of carbonyl (C=O) groups excluding carboxylic acids is 1. The van der Waals surface area contributed by atoms with E-state index in [1.165, 1.54) is 29.7 Å². The number of aromatic nitrogens is 2. The fourth-order valence-corrected chi connectivity index (χ4v) is 3.96. The van der Waals surface area contributed by atoms with E-state index in [2.05, 4.69) is 10.2 Å². The van der Waals surface area contributed by atoms with E-state index in [-0.39, 0.29) is 24.2 Å². The lowest BCUT2D eigenvalue weighted by molar-refractivity contribution is -0.126. The first kappa shape index (κ1) is 20.7. The van der Waals surface area contributed by atoms with Crippen LogP contribution < -0.4 is 0 Å². The zero-order valence-electron chi connectivity index (χ0n) is 16.8. The van der Waals surface area contributed by atoms with E-state index in [1.807, 2.05) is 19.1 Å². The number of halogens is 1. The molecule has 31 heavy (non-hydrogen) atoms. The van der Waals surface area contributed by atoms with Crippen molar-refractivity contribution in [1.29, 1.82) is 0 Å². The lowest BCUT2D eigenvalue weighted by Crippen LogP contribution is -2.29. The van der Waals surface area contributed by atoms with Crippen LogP contribution in [0.3, 0.4) is 0 Å². The first-order valence-electron chi connectivity index (χ1n) is 9.82. The number of hydrogen-bond acceptors (Lipinski definition) is 6. The van der Waals surface area contributed by atoms with Gasteiger partial charge in [-0.25, -0.2) is 4.39 Å².